The Labute approximate surface area is 98.4 Å². The zero-order valence-electron chi connectivity index (χ0n) is 10.2. The van der Waals surface area contributed by atoms with E-state index < -0.39 is 0 Å². The molecule has 2 rings (SSSR count). The molecule has 0 aromatic heterocycles. The van der Waals surface area contributed by atoms with E-state index in [0.717, 1.165) is 18.9 Å². The molecular weight excluding hydrogens is 196 g/mol. The SMILES string of the molecule is CCCC1CN(c2ccc(CCN)cc2)C1. The summed E-state index contributed by atoms with van der Waals surface area (Å²) in [5.74, 6) is 0.925. The topological polar surface area (TPSA) is 29.3 Å². The highest BCUT2D eigenvalue weighted by Gasteiger charge is 2.25. The number of nitrogens with zero attached hydrogens (tertiary/aromatic N) is 1. The quantitative estimate of drug-likeness (QED) is 0.822. The molecule has 0 saturated carbocycles. The van der Waals surface area contributed by atoms with Crippen molar-refractivity contribution in [2.45, 2.75) is 26.2 Å². The summed E-state index contributed by atoms with van der Waals surface area (Å²) in [6, 6.07) is 8.87. The Bertz CT molecular complexity index is 312. The van der Waals surface area contributed by atoms with Gasteiger partial charge in [-0.1, -0.05) is 25.5 Å². The molecule has 1 aromatic rings. The second kappa shape index (κ2) is 5.35. The summed E-state index contributed by atoms with van der Waals surface area (Å²) >= 11 is 0. The van der Waals surface area contributed by atoms with Crippen LogP contribution in [-0.4, -0.2) is 19.6 Å². The van der Waals surface area contributed by atoms with E-state index in [4.69, 9.17) is 5.73 Å². The first kappa shape index (κ1) is 11.5. The van der Waals surface area contributed by atoms with Crippen LogP contribution in [0.1, 0.15) is 25.3 Å². The van der Waals surface area contributed by atoms with Crippen molar-refractivity contribution >= 4 is 5.69 Å². The fourth-order valence-corrected chi connectivity index (χ4v) is 2.41. The van der Waals surface area contributed by atoms with Crippen LogP contribution >= 0.6 is 0 Å². The lowest BCUT2D eigenvalue weighted by Gasteiger charge is -2.41. The van der Waals surface area contributed by atoms with E-state index in [-0.39, 0.29) is 0 Å². The van der Waals surface area contributed by atoms with Crippen LogP contribution in [0, 0.1) is 5.92 Å². The summed E-state index contributed by atoms with van der Waals surface area (Å²) in [4.78, 5) is 2.46. The molecular formula is C14H22N2. The third-order valence-electron chi connectivity index (χ3n) is 3.39. The van der Waals surface area contributed by atoms with Gasteiger partial charge in [-0.15, -0.1) is 0 Å². The summed E-state index contributed by atoms with van der Waals surface area (Å²) < 4.78 is 0. The number of anilines is 1. The van der Waals surface area contributed by atoms with Crippen molar-refractivity contribution in [3.05, 3.63) is 29.8 Å². The van der Waals surface area contributed by atoms with E-state index in [2.05, 4.69) is 36.1 Å². The lowest BCUT2D eigenvalue weighted by atomic mass is 9.94. The Kier molecular flexibility index (Phi) is 3.83. The summed E-state index contributed by atoms with van der Waals surface area (Å²) in [6.45, 7) is 5.49. The van der Waals surface area contributed by atoms with Gasteiger partial charge >= 0.3 is 0 Å². The molecule has 1 heterocycles. The van der Waals surface area contributed by atoms with Crippen LogP contribution in [0.25, 0.3) is 0 Å². The second-order valence-corrected chi connectivity index (χ2v) is 4.76. The predicted molar refractivity (Wildman–Crippen MR) is 69.8 cm³/mol. The number of nitrogens with two attached hydrogens (primary N) is 1. The summed E-state index contributed by atoms with van der Waals surface area (Å²) in [6.07, 6.45) is 3.68. The highest BCUT2D eigenvalue weighted by atomic mass is 15.2. The predicted octanol–water partition coefficient (Wildman–Crippen LogP) is 2.42. The van der Waals surface area contributed by atoms with Crippen molar-refractivity contribution in [3.63, 3.8) is 0 Å². The lowest BCUT2D eigenvalue weighted by Crippen LogP contribution is -2.46. The molecule has 0 amide bonds. The summed E-state index contributed by atoms with van der Waals surface area (Å²) in [7, 11) is 0. The van der Waals surface area contributed by atoms with Crippen LogP contribution in [-0.2, 0) is 6.42 Å². The highest BCUT2D eigenvalue weighted by molar-refractivity contribution is 5.49. The van der Waals surface area contributed by atoms with Gasteiger partial charge in [-0.05, 0) is 43.0 Å². The fourth-order valence-electron chi connectivity index (χ4n) is 2.41. The van der Waals surface area contributed by atoms with Crippen molar-refractivity contribution < 1.29 is 0 Å². The zero-order valence-corrected chi connectivity index (χ0v) is 10.2. The Hall–Kier alpha value is -1.02. The molecule has 2 N–H and O–H groups in total. The van der Waals surface area contributed by atoms with Crippen LogP contribution in [0.5, 0.6) is 0 Å². The van der Waals surface area contributed by atoms with Gasteiger partial charge in [0.25, 0.3) is 0 Å². The molecule has 1 aliphatic heterocycles. The Balaban J connectivity index is 1.87. The van der Waals surface area contributed by atoms with Crippen molar-refractivity contribution in [1.82, 2.24) is 0 Å². The van der Waals surface area contributed by atoms with Crippen LogP contribution in [0.4, 0.5) is 5.69 Å². The number of hydrogen-bond donors (Lipinski definition) is 1. The Morgan fingerprint density at radius 3 is 2.50 bits per heavy atom. The zero-order chi connectivity index (χ0) is 11.4. The molecule has 0 unspecified atom stereocenters. The maximum atomic E-state index is 5.54. The van der Waals surface area contributed by atoms with Crippen LogP contribution in [0.15, 0.2) is 24.3 Å². The van der Waals surface area contributed by atoms with Gasteiger partial charge < -0.3 is 10.6 Å². The maximum Gasteiger partial charge on any atom is 0.0366 e. The largest absolute Gasteiger partial charge is 0.371 e. The molecule has 16 heavy (non-hydrogen) atoms. The van der Waals surface area contributed by atoms with Crippen LogP contribution in [0.2, 0.25) is 0 Å². The van der Waals surface area contributed by atoms with E-state index in [0.29, 0.717) is 0 Å². The van der Waals surface area contributed by atoms with E-state index >= 15 is 0 Å². The summed E-state index contributed by atoms with van der Waals surface area (Å²) in [5.41, 5.74) is 8.25. The molecule has 1 aromatic carbocycles. The molecule has 1 aliphatic rings. The average molecular weight is 218 g/mol. The van der Waals surface area contributed by atoms with Crippen LogP contribution < -0.4 is 10.6 Å². The van der Waals surface area contributed by atoms with Crippen molar-refractivity contribution in [3.8, 4) is 0 Å². The van der Waals surface area contributed by atoms with Crippen molar-refractivity contribution in [2.75, 3.05) is 24.5 Å². The fraction of sp³-hybridized carbons (Fsp3) is 0.571. The third-order valence-corrected chi connectivity index (χ3v) is 3.39. The van der Waals surface area contributed by atoms with Gasteiger partial charge in [0.1, 0.15) is 0 Å². The third kappa shape index (κ3) is 2.56. The van der Waals surface area contributed by atoms with Gasteiger partial charge in [0.2, 0.25) is 0 Å². The molecule has 0 spiro atoms. The van der Waals surface area contributed by atoms with Gasteiger partial charge in [-0.25, -0.2) is 0 Å². The molecule has 0 atom stereocenters. The minimum atomic E-state index is 0.738. The van der Waals surface area contributed by atoms with Crippen LogP contribution in [0.3, 0.4) is 0 Å². The maximum absolute atomic E-state index is 5.54. The molecule has 0 aliphatic carbocycles. The Morgan fingerprint density at radius 2 is 1.94 bits per heavy atom. The minimum Gasteiger partial charge on any atom is -0.371 e. The molecule has 2 heteroatoms. The van der Waals surface area contributed by atoms with E-state index in [1.54, 1.807) is 0 Å². The molecule has 1 saturated heterocycles. The average Bonchev–Trinajstić information content (AvgIpc) is 2.25. The van der Waals surface area contributed by atoms with E-state index in [1.807, 2.05) is 0 Å². The lowest BCUT2D eigenvalue weighted by molar-refractivity contribution is 0.381. The first-order valence-electron chi connectivity index (χ1n) is 6.37. The molecule has 88 valence electrons. The molecule has 0 radical (unpaired) electrons. The molecule has 1 fully saturated rings. The van der Waals surface area contributed by atoms with Gasteiger partial charge in [0.15, 0.2) is 0 Å². The first-order valence-corrected chi connectivity index (χ1v) is 6.37. The van der Waals surface area contributed by atoms with E-state index in [1.165, 1.54) is 37.2 Å². The van der Waals surface area contributed by atoms with Gasteiger partial charge in [0.05, 0.1) is 0 Å². The summed E-state index contributed by atoms with van der Waals surface area (Å²) in [5, 5.41) is 0. The number of rotatable bonds is 5. The highest BCUT2D eigenvalue weighted by Crippen LogP contribution is 2.27. The smallest absolute Gasteiger partial charge is 0.0366 e. The number of benzene rings is 1. The normalized spacial score (nSPS) is 16.2. The molecule has 0 bridgehead atoms. The first-order chi connectivity index (χ1) is 7.83. The second-order valence-electron chi connectivity index (χ2n) is 4.76. The van der Waals surface area contributed by atoms with Crippen molar-refractivity contribution in [2.24, 2.45) is 11.7 Å². The van der Waals surface area contributed by atoms with Crippen molar-refractivity contribution in [1.29, 1.82) is 0 Å². The van der Waals surface area contributed by atoms with Gasteiger partial charge in [0, 0.05) is 18.8 Å². The minimum absolute atomic E-state index is 0.738. The molecule has 2 nitrogen and oxygen atoms in total. The Morgan fingerprint density at radius 1 is 1.25 bits per heavy atom. The monoisotopic (exact) mass is 218 g/mol. The van der Waals surface area contributed by atoms with Gasteiger partial charge in [-0.3, -0.25) is 0 Å². The van der Waals surface area contributed by atoms with Gasteiger partial charge in [-0.2, -0.15) is 0 Å². The van der Waals surface area contributed by atoms with E-state index in [9.17, 15) is 0 Å². The number of hydrogen-bond acceptors (Lipinski definition) is 2. The standard InChI is InChI=1S/C14H22N2/c1-2-3-13-10-16(11-13)14-6-4-12(5-7-14)8-9-15/h4-7,13H,2-3,8-11,15H2,1H3.